The summed E-state index contributed by atoms with van der Waals surface area (Å²) in [5.74, 6) is 1.91. The summed E-state index contributed by atoms with van der Waals surface area (Å²) in [5, 5.41) is 1.86. The van der Waals surface area contributed by atoms with Crippen LogP contribution in [0.1, 0.15) is 48.5 Å². The van der Waals surface area contributed by atoms with Crippen LogP contribution in [0.25, 0.3) is 10.9 Å². The minimum absolute atomic E-state index is 0.214. The maximum Gasteiger partial charge on any atom is 0.321 e. The zero-order valence-electron chi connectivity index (χ0n) is 21.7. The number of hydrogen-bond donors (Lipinski definition) is 1. The first-order valence-corrected chi connectivity index (χ1v) is 13.5. The summed E-state index contributed by atoms with van der Waals surface area (Å²) < 4.78 is 11.3. The zero-order chi connectivity index (χ0) is 26.1. The van der Waals surface area contributed by atoms with Gasteiger partial charge in [-0.15, -0.1) is 0 Å². The number of rotatable bonds is 7. The molecule has 0 aliphatic carbocycles. The van der Waals surface area contributed by atoms with Crippen molar-refractivity contribution < 1.29 is 9.47 Å². The van der Waals surface area contributed by atoms with Gasteiger partial charge >= 0.3 is 6.01 Å². The number of ether oxygens (including phenoxy) is 2. The molecular formula is C27H31ClN8O2. The van der Waals surface area contributed by atoms with Crippen molar-refractivity contribution in [2.45, 2.75) is 39.2 Å². The van der Waals surface area contributed by atoms with Gasteiger partial charge in [0.25, 0.3) is 0 Å². The molecule has 6 rings (SSSR count). The molecule has 11 heteroatoms. The Kier molecular flexibility index (Phi) is 6.99. The quantitative estimate of drug-likeness (QED) is 0.348. The Bertz CT molecular complexity index is 1420. The van der Waals surface area contributed by atoms with E-state index in [4.69, 9.17) is 41.0 Å². The van der Waals surface area contributed by atoms with E-state index in [0.29, 0.717) is 50.1 Å². The number of unbranched alkanes of at least 4 members (excludes halogenated alkanes) is 1. The maximum atomic E-state index is 6.38. The van der Waals surface area contributed by atoms with Gasteiger partial charge in [-0.05, 0) is 43.5 Å². The van der Waals surface area contributed by atoms with E-state index in [1.807, 2.05) is 37.5 Å². The average Bonchev–Trinajstić information content (AvgIpc) is 3.31. The van der Waals surface area contributed by atoms with Crippen LogP contribution >= 0.6 is 11.6 Å². The molecule has 2 aliphatic rings. The van der Waals surface area contributed by atoms with Gasteiger partial charge in [-0.3, -0.25) is 0 Å². The number of anilines is 2. The van der Waals surface area contributed by atoms with Crippen molar-refractivity contribution in [3.05, 3.63) is 58.3 Å². The van der Waals surface area contributed by atoms with E-state index in [1.165, 1.54) is 5.56 Å². The number of nitrogens with zero attached hydrogens (tertiary/aromatic N) is 7. The number of aryl methyl sites for hydroxylation is 1. The molecule has 1 aromatic carbocycles. The van der Waals surface area contributed by atoms with Gasteiger partial charge in [-0.1, -0.05) is 24.9 Å². The number of fused-ring (bicyclic) bond motifs is 3. The highest BCUT2D eigenvalue weighted by molar-refractivity contribution is 6.31. The van der Waals surface area contributed by atoms with Crippen molar-refractivity contribution in [1.29, 1.82) is 0 Å². The Morgan fingerprint density at radius 3 is 2.68 bits per heavy atom. The Labute approximate surface area is 226 Å². The van der Waals surface area contributed by atoms with Crippen LogP contribution in [0.3, 0.4) is 0 Å². The summed E-state index contributed by atoms with van der Waals surface area (Å²) in [5.41, 5.74) is 4.31. The second kappa shape index (κ2) is 10.7. The van der Waals surface area contributed by atoms with Crippen LogP contribution in [0.4, 0.5) is 11.9 Å². The molecule has 0 radical (unpaired) electrons. The molecule has 0 amide bonds. The molecule has 1 unspecified atom stereocenters. The minimum atomic E-state index is -0.214. The van der Waals surface area contributed by atoms with Crippen molar-refractivity contribution in [1.82, 2.24) is 29.9 Å². The van der Waals surface area contributed by atoms with E-state index >= 15 is 0 Å². The SMILES string of the molecule is CCCCOc1nc(C)nc(N2CCc3c([nH]c4ccc(Cl)cc34)C2c2cnc(N3CCOCC3)nc2)n1. The number of aromatic amines is 1. The Morgan fingerprint density at radius 2 is 1.89 bits per heavy atom. The fourth-order valence-corrected chi connectivity index (χ4v) is 5.34. The van der Waals surface area contributed by atoms with Gasteiger partial charge < -0.3 is 24.3 Å². The predicted octanol–water partition coefficient (Wildman–Crippen LogP) is 4.27. The van der Waals surface area contributed by atoms with Gasteiger partial charge in [0.05, 0.1) is 19.8 Å². The number of nitrogens with one attached hydrogen (secondary N) is 1. The second-order valence-corrected chi connectivity index (χ2v) is 10.1. The lowest BCUT2D eigenvalue weighted by Gasteiger charge is -2.36. The number of morpholine rings is 1. The molecule has 0 saturated carbocycles. The molecule has 1 saturated heterocycles. The molecule has 1 N–H and O–H groups in total. The molecule has 3 aromatic heterocycles. The average molecular weight is 535 g/mol. The largest absolute Gasteiger partial charge is 0.463 e. The van der Waals surface area contributed by atoms with E-state index < -0.39 is 0 Å². The summed E-state index contributed by atoms with van der Waals surface area (Å²) in [4.78, 5) is 31.4. The van der Waals surface area contributed by atoms with Crippen LogP contribution in [0.5, 0.6) is 6.01 Å². The highest BCUT2D eigenvalue weighted by Gasteiger charge is 2.34. The number of halogens is 1. The maximum absolute atomic E-state index is 6.38. The van der Waals surface area contributed by atoms with Gasteiger partial charge in [-0.25, -0.2) is 9.97 Å². The van der Waals surface area contributed by atoms with Crippen molar-refractivity contribution in [2.24, 2.45) is 0 Å². The topological polar surface area (TPSA) is 105 Å². The first kappa shape index (κ1) is 24.8. The van der Waals surface area contributed by atoms with Crippen LogP contribution < -0.4 is 14.5 Å². The van der Waals surface area contributed by atoms with Crippen molar-refractivity contribution in [3.63, 3.8) is 0 Å². The van der Waals surface area contributed by atoms with Crippen LogP contribution in [-0.4, -0.2) is 69.4 Å². The van der Waals surface area contributed by atoms with Crippen LogP contribution in [0, 0.1) is 6.92 Å². The van der Waals surface area contributed by atoms with Gasteiger partial charge in [0.2, 0.25) is 11.9 Å². The van der Waals surface area contributed by atoms with Gasteiger partial charge in [0.15, 0.2) is 0 Å². The molecule has 4 aromatic rings. The first-order valence-electron chi connectivity index (χ1n) is 13.2. The molecule has 1 atom stereocenters. The Morgan fingerprint density at radius 1 is 1.08 bits per heavy atom. The summed E-state index contributed by atoms with van der Waals surface area (Å²) in [6.45, 7) is 8.22. The lowest BCUT2D eigenvalue weighted by Crippen LogP contribution is -2.38. The Hall–Kier alpha value is -3.50. The standard InChI is InChI=1S/C27H31ClN8O2/c1-3-4-11-38-27-32-17(2)31-26(34-27)36-8-7-20-21-14-19(28)5-6-22(21)33-23(20)24(36)18-15-29-25(30-16-18)35-9-12-37-13-10-35/h5-6,14-16,24,33H,3-4,7-13H2,1-2H3. The van der Waals surface area contributed by atoms with E-state index in [9.17, 15) is 0 Å². The zero-order valence-corrected chi connectivity index (χ0v) is 22.4. The van der Waals surface area contributed by atoms with Crippen molar-refractivity contribution >= 4 is 34.4 Å². The summed E-state index contributed by atoms with van der Waals surface area (Å²) >= 11 is 6.38. The number of hydrogen-bond acceptors (Lipinski definition) is 9. The number of benzene rings is 1. The van der Waals surface area contributed by atoms with Gasteiger partial charge in [0.1, 0.15) is 11.9 Å². The lowest BCUT2D eigenvalue weighted by atomic mass is 9.94. The molecule has 0 bridgehead atoms. The summed E-state index contributed by atoms with van der Waals surface area (Å²) in [6, 6.07) is 6.11. The summed E-state index contributed by atoms with van der Waals surface area (Å²) in [6.07, 6.45) is 6.63. The molecule has 38 heavy (non-hydrogen) atoms. The highest BCUT2D eigenvalue weighted by Crippen LogP contribution is 2.40. The van der Waals surface area contributed by atoms with E-state index in [-0.39, 0.29) is 6.04 Å². The normalized spacial score (nSPS) is 17.6. The van der Waals surface area contributed by atoms with Crippen molar-refractivity contribution in [3.8, 4) is 6.01 Å². The third-order valence-electron chi connectivity index (χ3n) is 7.06. The molecule has 5 heterocycles. The summed E-state index contributed by atoms with van der Waals surface area (Å²) in [7, 11) is 0. The van der Waals surface area contributed by atoms with Gasteiger partial charge in [-0.2, -0.15) is 15.0 Å². The molecular weight excluding hydrogens is 504 g/mol. The molecule has 2 aliphatic heterocycles. The van der Waals surface area contributed by atoms with Crippen molar-refractivity contribution in [2.75, 3.05) is 49.3 Å². The minimum Gasteiger partial charge on any atom is -0.463 e. The number of aromatic nitrogens is 6. The van der Waals surface area contributed by atoms with Crippen LogP contribution in [0.2, 0.25) is 5.02 Å². The predicted molar refractivity (Wildman–Crippen MR) is 146 cm³/mol. The van der Waals surface area contributed by atoms with Gasteiger partial charge in [0, 0.05) is 59.2 Å². The van der Waals surface area contributed by atoms with E-state index in [2.05, 4.69) is 26.7 Å². The monoisotopic (exact) mass is 534 g/mol. The lowest BCUT2D eigenvalue weighted by molar-refractivity contribution is 0.122. The molecule has 0 spiro atoms. The fraction of sp³-hybridized carbons (Fsp3) is 0.444. The second-order valence-electron chi connectivity index (χ2n) is 9.64. The van der Waals surface area contributed by atoms with Crippen LogP contribution in [0.15, 0.2) is 30.6 Å². The molecule has 198 valence electrons. The van der Waals surface area contributed by atoms with E-state index in [1.54, 1.807) is 0 Å². The van der Waals surface area contributed by atoms with E-state index in [0.717, 1.165) is 59.5 Å². The van der Waals surface area contributed by atoms with Crippen LogP contribution in [-0.2, 0) is 11.2 Å². The Balaban J connectivity index is 1.41. The fourth-order valence-electron chi connectivity index (χ4n) is 5.17. The molecule has 10 nitrogen and oxygen atoms in total. The first-order chi connectivity index (χ1) is 18.6. The smallest absolute Gasteiger partial charge is 0.321 e. The number of H-pyrrole nitrogens is 1. The third kappa shape index (κ3) is 4.86. The third-order valence-corrected chi connectivity index (χ3v) is 7.29. The molecule has 1 fully saturated rings. The highest BCUT2D eigenvalue weighted by atomic mass is 35.5.